The minimum atomic E-state index is -5.48. The zero-order chi connectivity index (χ0) is 29.8. The van der Waals surface area contributed by atoms with Crippen LogP contribution in [0.2, 0.25) is 0 Å². The first kappa shape index (κ1) is 28.7. The van der Waals surface area contributed by atoms with Crippen LogP contribution >= 0.6 is 0 Å². The van der Waals surface area contributed by atoms with Gasteiger partial charge in [-0.05, 0) is 52.6 Å². The molecular formula is C26H18F7NO6. The number of carbonyl (C=O) groups is 1. The number of hydrogen-bond acceptors (Lipinski definition) is 5. The van der Waals surface area contributed by atoms with Crippen molar-refractivity contribution in [1.82, 2.24) is 4.57 Å². The summed E-state index contributed by atoms with van der Waals surface area (Å²) < 4.78 is 110. The van der Waals surface area contributed by atoms with E-state index in [2.05, 4.69) is 4.74 Å². The molecule has 0 saturated carbocycles. The van der Waals surface area contributed by atoms with E-state index >= 15 is 0 Å². The van der Waals surface area contributed by atoms with E-state index in [0.29, 0.717) is 12.1 Å². The van der Waals surface area contributed by atoms with E-state index in [4.69, 9.17) is 9.52 Å². The molecule has 0 aliphatic carbocycles. The minimum Gasteiger partial charge on any atom is -0.449 e. The lowest BCUT2D eigenvalue weighted by molar-refractivity contribution is -0.275. The second kappa shape index (κ2) is 9.70. The minimum absolute atomic E-state index is 0.0965. The quantitative estimate of drug-likeness (QED) is 0.159. The summed E-state index contributed by atoms with van der Waals surface area (Å²) in [7, 11) is 1.21. The Balaban J connectivity index is 1.87. The van der Waals surface area contributed by atoms with Crippen LogP contribution in [0.5, 0.6) is 5.75 Å². The lowest BCUT2D eigenvalue weighted by atomic mass is 9.76. The van der Waals surface area contributed by atoms with Crippen molar-refractivity contribution in [2.24, 2.45) is 7.05 Å². The Labute approximate surface area is 219 Å². The molecule has 0 aliphatic heterocycles. The van der Waals surface area contributed by atoms with Gasteiger partial charge in [0.05, 0.1) is 11.1 Å². The van der Waals surface area contributed by atoms with Crippen LogP contribution in [0.4, 0.5) is 35.5 Å². The highest BCUT2D eigenvalue weighted by molar-refractivity contribution is 5.74. The summed E-state index contributed by atoms with van der Waals surface area (Å²) in [4.78, 5) is 22.4. The normalized spacial score (nSPS) is 14.7. The van der Waals surface area contributed by atoms with Crippen LogP contribution < -0.4 is 10.5 Å². The largest absolute Gasteiger partial charge is 0.511 e. The van der Waals surface area contributed by atoms with Gasteiger partial charge in [0.25, 0.3) is 0 Å². The van der Waals surface area contributed by atoms with Crippen molar-refractivity contribution < 1.29 is 54.9 Å². The fourth-order valence-electron chi connectivity index (χ4n) is 4.46. The van der Waals surface area contributed by atoms with Gasteiger partial charge in [-0.3, -0.25) is 4.57 Å². The lowest BCUT2D eigenvalue weighted by Gasteiger charge is -2.37. The summed E-state index contributed by atoms with van der Waals surface area (Å²) in [5.41, 5.74) is -7.75. The molecule has 4 aromatic rings. The van der Waals surface area contributed by atoms with Gasteiger partial charge in [0.2, 0.25) is 0 Å². The third-order valence-electron chi connectivity index (χ3n) is 6.58. The predicted molar refractivity (Wildman–Crippen MR) is 125 cm³/mol. The van der Waals surface area contributed by atoms with Crippen LogP contribution in [0.1, 0.15) is 29.5 Å². The molecular weight excluding hydrogens is 555 g/mol. The van der Waals surface area contributed by atoms with Crippen molar-refractivity contribution in [3.63, 3.8) is 0 Å². The maximum Gasteiger partial charge on any atom is 0.511 e. The van der Waals surface area contributed by atoms with Crippen LogP contribution in [0, 0.1) is 5.82 Å². The van der Waals surface area contributed by atoms with Gasteiger partial charge in [-0.25, -0.2) is 14.0 Å². The van der Waals surface area contributed by atoms with Crippen molar-refractivity contribution in [1.29, 1.82) is 0 Å². The first-order valence-corrected chi connectivity index (χ1v) is 11.3. The SMILES string of the molecule is CC(c1ccc(-c2ccc(OC(=O)O)c(F)c2)cc1C(F)(F)F)C(O)(c1ccc2oc(=O)n(C)c2c1)C(F)(F)F. The second-order valence-electron chi connectivity index (χ2n) is 8.91. The summed E-state index contributed by atoms with van der Waals surface area (Å²) >= 11 is 0. The van der Waals surface area contributed by atoms with E-state index in [9.17, 15) is 45.4 Å². The van der Waals surface area contributed by atoms with E-state index in [1.165, 1.54) is 7.05 Å². The Morgan fingerprint density at radius 2 is 1.60 bits per heavy atom. The number of ether oxygens (including phenoxy) is 1. The van der Waals surface area contributed by atoms with Crippen LogP contribution in [0.3, 0.4) is 0 Å². The van der Waals surface area contributed by atoms with Gasteiger partial charge >= 0.3 is 24.3 Å². The van der Waals surface area contributed by atoms with Crippen LogP contribution in [0.25, 0.3) is 22.2 Å². The number of rotatable bonds is 5. The molecule has 2 unspecified atom stereocenters. The molecule has 0 saturated heterocycles. The van der Waals surface area contributed by atoms with E-state index in [1.54, 1.807) is 0 Å². The molecule has 40 heavy (non-hydrogen) atoms. The molecule has 3 aromatic carbocycles. The molecule has 2 atom stereocenters. The Hall–Kier alpha value is -4.33. The molecule has 1 aromatic heterocycles. The Morgan fingerprint density at radius 3 is 2.17 bits per heavy atom. The zero-order valence-corrected chi connectivity index (χ0v) is 20.4. The number of carboxylic acid groups (broad SMARTS) is 1. The first-order chi connectivity index (χ1) is 18.4. The maximum absolute atomic E-state index is 14.5. The molecule has 0 fully saturated rings. The fourth-order valence-corrected chi connectivity index (χ4v) is 4.46. The molecule has 0 amide bonds. The molecule has 4 rings (SSSR count). The zero-order valence-electron chi connectivity index (χ0n) is 20.4. The van der Waals surface area contributed by atoms with Crippen molar-refractivity contribution in [2.75, 3.05) is 0 Å². The average molecular weight is 573 g/mol. The van der Waals surface area contributed by atoms with Crippen molar-refractivity contribution in [3.8, 4) is 16.9 Å². The van der Waals surface area contributed by atoms with Gasteiger partial charge in [0.15, 0.2) is 22.8 Å². The number of benzene rings is 3. The number of halogens is 7. The van der Waals surface area contributed by atoms with Gasteiger partial charge < -0.3 is 19.4 Å². The van der Waals surface area contributed by atoms with E-state index in [0.717, 1.165) is 54.0 Å². The molecule has 2 N–H and O–H groups in total. The highest BCUT2D eigenvalue weighted by Gasteiger charge is 2.59. The number of oxazole rings is 1. The predicted octanol–water partition coefficient (Wildman–Crippen LogP) is 6.57. The Morgan fingerprint density at radius 1 is 0.975 bits per heavy atom. The van der Waals surface area contributed by atoms with E-state index in [-0.39, 0.29) is 22.2 Å². The molecule has 212 valence electrons. The number of alkyl halides is 6. The van der Waals surface area contributed by atoms with Crippen molar-refractivity contribution >= 4 is 17.3 Å². The Kier molecular flexibility index (Phi) is 6.95. The third-order valence-corrected chi connectivity index (χ3v) is 6.58. The molecule has 0 radical (unpaired) electrons. The van der Waals surface area contributed by atoms with Gasteiger partial charge in [0, 0.05) is 13.0 Å². The Bertz CT molecular complexity index is 1670. The fraction of sp³-hybridized carbons (Fsp3) is 0.231. The third kappa shape index (κ3) is 4.90. The lowest BCUT2D eigenvalue weighted by Crippen LogP contribution is -2.47. The standard InChI is InChI=1S/C26H18F7NO6/c1-12(24(38,26(31,32)33)15-5-8-21-19(11-15)34(2)22(35)39-21)16-6-3-13(9-17(16)25(28,29)30)14-4-7-20(18(27)10-14)40-23(36)37/h3-12,38H,1-2H3,(H,36,37). The van der Waals surface area contributed by atoms with E-state index < -0.39 is 64.0 Å². The first-order valence-electron chi connectivity index (χ1n) is 11.3. The van der Waals surface area contributed by atoms with Crippen LogP contribution in [0.15, 0.2) is 63.8 Å². The number of nitrogens with zero attached hydrogens (tertiary/aromatic N) is 1. The second-order valence-corrected chi connectivity index (χ2v) is 8.91. The molecule has 7 nitrogen and oxygen atoms in total. The number of aryl methyl sites for hydroxylation is 1. The number of hydrogen-bond donors (Lipinski definition) is 2. The summed E-state index contributed by atoms with van der Waals surface area (Å²) in [6, 6.07) is 7.50. The van der Waals surface area contributed by atoms with Gasteiger partial charge in [0.1, 0.15) is 0 Å². The number of aromatic nitrogens is 1. The summed E-state index contributed by atoms with van der Waals surface area (Å²) in [5, 5.41) is 19.7. The molecule has 0 aliphatic rings. The highest BCUT2D eigenvalue weighted by atomic mass is 19.4. The van der Waals surface area contributed by atoms with Crippen LogP contribution in [-0.2, 0) is 18.8 Å². The van der Waals surface area contributed by atoms with Gasteiger partial charge in [-0.15, -0.1) is 0 Å². The van der Waals surface area contributed by atoms with Crippen molar-refractivity contribution in [3.05, 3.63) is 87.7 Å². The summed E-state index contributed by atoms with van der Waals surface area (Å²) in [5.74, 6) is -5.05. The summed E-state index contributed by atoms with van der Waals surface area (Å²) in [6.45, 7) is 0.772. The van der Waals surface area contributed by atoms with Gasteiger partial charge in [-0.2, -0.15) is 26.3 Å². The molecule has 0 spiro atoms. The molecule has 0 bridgehead atoms. The smallest absolute Gasteiger partial charge is 0.449 e. The highest BCUT2D eigenvalue weighted by Crippen LogP contribution is 2.51. The number of fused-ring (bicyclic) bond motifs is 1. The van der Waals surface area contributed by atoms with Gasteiger partial charge in [-0.1, -0.05) is 31.2 Å². The monoisotopic (exact) mass is 573 g/mol. The van der Waals surface area contributed by atoms with Crippen molar-refractivity contribution in [2.45, 2.75) is 30.8 Å². The molecule has 1 heterocycles. The van der Waals surface area contributed by atoms with Crippen LogP contribution in [-0.4, -0.2) is 27.1 Å². The topological polar surface area (TPSA) is 102 Å². The summed E-state index contributed by atoms with van der Waals surface area (Å²) in [6.07, 6.45) is -12.5. The average Bonchev–Trinajstić information content (AvgIpc) is 3.15. The molecule has 14 heteroatoms. The maximum atomic E-state index is 14.5. The van der Waals surface area contributed by atoms with E-state index in [1.807, 2.05) is 0 Å². The number of aliphatic hydroxyl groups is 1.